The molecule has 6 heteroatoms. The van der Waals surface area contributed by atoms with E-state index in [1.165, 1.54) is 18.6 Å². The van der Waals surface area contributed by atoms with Gasteiger partial charge in [-0.3, -0.25) is 4.79 Å². The highest BCUT2D eigenvalue weighted by Gasteiger charge is 2.06. The van der Waals surface area contributed by atoms with Gasteiger partial charge in [0.2, 0.25) is 0 Å². The van der Waals surface area contributed by atoms with Crippen molar-refractivity contribution in [2.75, 3.05) is 12.5 Å². The van der Waals surface area contributed by atoms with Gasteiger partial charge in [0.25, 0.3) is 0 Å². The zero-order valence-corrected chi connectivity index (χ0v) is 10.5. The lowest BCUT2D eigenvalue weighted by Crippen LogP contribution is -2.00. The fraction of sp³-hybridized carbons (Fsp3) is 0.300. The van der Waals surface area contributed by atoms with Crippen LogP contribution in [0.4, 0.5) is 5.69 Å². The van der Waals surface area contributed by atoms with Gasteiger partial charge in [-0.15, -0.1) is 0 Å². The molecule has 0 aliphatic carbocycles. The van der Waals surface area contributed by atoms with E-state index in [1.54, 1.807) is 12.1 Å². The Labute approximate surface area is 99.4 Å². The topological polar surface area (TPSA) is 66.7 Å². The summed E-state index contributed by atoms with van der Waals surface area (Å²) in [5.74, 6) is -0.943. The Balaban J connectivity index is 3.10. The fourth-order valence-corrected chi connectivity index (χ4v) is 2.02. The molecule has 88 valence electrons. The number of hydrogen-bond donors (Lipinski definition) is 1. The van der Waals surface area contributed by atoms with Crippen molar-refractivity contribution in [2.24, 2.45) is 4.36 Å². The van der Waals surface area contributed by atoms with Crippen molar-refractivity contribution in [2.45, 2.75) is 6.42 Å². The van der Waals surface area contributed by atoms with E-state index < -0.39 is 15.7 Å². The highest BCUT2D eigenvalue weighted by Crippen LogP contribution is 2.24. The smallest absolute Gasteiger partial charge is 0.307 e. The van der Waals surface area contributed by atoms with Crippen LogP contribution in [0.1, 0.15) is 5.56 Å². The molecule has 1 rings (SSSR count). The second-order valence-electron chi connectivity index (χ2n) is 3.62. The van der Waals surface area contributed by atoms with Gasteiger partial charge in [-0.2, -0.15) is 4.36 Å². The molecule has 0 heterocycles. The van der Waals surface area contributed by atoms with E-state index in [9.17, 15) is 9.00 Å². The highest BCUT2D eigenvalue weighted by atomic mass is 35.5. The zero-order chi connectivity index (χ0) is 12.3. The molecular weight excluding hydrogens is 250 g/mol. The molecule has 0 radical (unpaired) electrons. The van der Waals surface area contributed by atoms with Crippen molar-refractivity contribution in [3.63, 3.8) is 0 Å². The van der Waals surface area contributed by atoms with Gasteiger partial charge in [0.1, 0.15) is 0 Å². The maximum Gasteiger partial charge on any atom is 0.307 e. The molecule has 0 saturated heterocycles. The molecule has 1 aromatic carbocycles. The Morgan fingerprint density at radius 1 is 1.50 bits per heavy atom. The Kier molecular flexibility index (Phi) is 3.93. The lowest BCUT2D eigenvalue weighted by atomic mass is 10.1. The van der Waals surface area contributed by atoms with Crippen molar-refractivity contribution in [3.05, 3.63) is 28.8 Å². The number of carboxylic acid groups (broad SMARTS) is 1. The third-order valence-electron chi connectivity index (χ3n) is 1.70. The van der Waals surface area contributed by atoms with Crippen LogP contribution in [-0.4, -0.2) is 27.8 Å². The normalized spacial score (nSPS) is 11.2. The average molecular weight is 262 g/mol. The van der Waals surface area contributed by atoms with Gasteiger partial charge >= 0.3 is 5.97 Å². The Bertz CT molecular complexity index is 525. The summed E-state index contributed by atoms with van der Waals surface area (Å²) in [6.07, 6.45) is 2.91. The van der Waals surface area contributed by atoms with Crippen LogP contribution in [0.15, 0.2) is 22.6 Å². The van der Waals surface area contributed by atoms with E-state index in [0.29, 0.717) is 16.3 Å². The largest absolute Gasteiger partial charge is 0.481 e. The van der Waals surface area contributed by atoms with E-state index >= 15 is 0 Å². The average Bonchev–Trinajstić information content (AvgIpc) is 2.06. The standard InChI is InChI=1S/C10H12ClNO3S/c1-16(2,15)12-8-4-3-7(5-10(13)14)9(11)6-8/h3-4,6H,5H2,1-2H3,(H,13,14). The number of hydrogen-bond acceptors (Lipinski definition) is 3. The maximum atomic E-state index is 11.4. The summed E-state index contributed by atoms with van der Waals surface area (Å²) in [7, 11) is -2.23. The molecule has 0 bridgehead atoms. The van der Waals surface area contributed by atoms with Crippen LogP contribution in [0.5, 0.6) is 0 Å². The van der Waals surface area contributed by atoms with E-state index in [-0.39, 0.29) is 6.42 Å². The third-order valence-corrected chi connectivity index (χ3v) is 2.71. The van der Waals surface area contributed by atoms with Gasteiger partial charge in [-0.25, -0.2) is 4.21 Å². The monoisotopic (exact) mass is 261 g/mol. The minimum Gasteiger partial charge on any atom is -0.481 e. The van der Waals surface area contributed by atoms with E-state index in [4.69, 9.17) is 16.7 Å². The van der Waals surface area contributed by atoms with Crippen LogP contribution in [-0.2, 0) is 20.9 Å². The van der Waals surface area contributed by atoms with Gasteiger partial charge in [0, 0.05) is 27.3 Å². The van der Waals surface area contributed by atoms with Crippen LogP contribution in [0.2, 0.25) is 5.02 Å². The van der Waals surface area contributed by atoms with E-state index in [1.807, 2.05) is 0 Å². The quantitative estimate of drug-likeness (QED) is 0.908. The number of aliphatic carboxylic acids is 1. The first-order valence-electron chi connectivity index (χ1n) is 4.45. The summed E-state index contributed by atoms with van der Waals surface area (Å²) in [5.41, 5.74) is 1.01. The molecule has 0 atom stereocenters. The lowest BCUT2D eigenvalue weighted by Gasteiger charge is -2.02. The molecule has 0 spiro atoms. The minimum atomic E-state index is -2.23. The predicted octanol–water partition coefficient (Wildman–Crippen LogP) is 2.33. The number of halogens is 1. The first-order valence-corrected chi connectivity index (χ1v) is 7.16. The second-order valence-corrected chi connectivity index (χ2v) is 6.57. The van der Waals surface area contributed by atoms with Crippen molar-refractivity contribution < 1.29 is 14.1 Å². The molecule has 0 saturated carbocycles. The van der Waals surface area contributed by atoms with Gasteiger partial charge in [-0.1, -0.05) is 17.7 Å². The summed E-state index contributed by atoms with van der Waals surface area (Å²) in [4.78, 5) is 10.5. The highest BCUT2D eigenvalue weighted by molar-refractivity contribution is 7.92. The molecule has 0 unspecified atom stereocenters. The summed E-state index contributed by atoms with van der Waals surface area (Å²) in [6.45, 7) is 0. The number of rotatable bonds is 3. The SMILES string of the molecule is CS(C)(=O)=Nc1ccc(CC(=O)O)c(Cl)c1. The van der Waals surface area contributed by atoms with E-state index in [0.717, 1.165) is 0 Å². The second kappa shape index (κ2) is 4.84. The van der Waals surface area contributed by atoms with Gasteiger partial charge in [-0.05, 0) is 17.7 Å². The first-order chi connectivity index (χ1) is 7.28. The summed E-state index contributed by atoms with van der Waals surface area (Å²) >= 11 is 5.89. The molecule has 1 N–H and O–H groups in total. The molecule has 0 aliphatic rings. The van der Waals surface area contributed by atoms with Crippen molar-refractivity contribution in [1.82, 2.24) is 0 Å². The van der Waals surface area contributed by atoms with Crippen LogP contribution >= 0.6 is 11.6 Å². The first kappa shape index (κ1) is 13.0. The Hall–Kier alpha value is -1.07. The van der Waals surface area contributed by atoms with Crippen molar-refractivity contribution in [1.29, 1.82) is 0 Å². The molecule has 16 heavy (non-hydrogen) atoms. The summed E-state index contributed by atoms with van der Waals surface area (Å²) in [5, 5.41) is 8.95. The number of benzene rings is 1. The van der Waals surface area contributed by atoms with Gasteiger partial charge in [0.05, 0.1) is 12.1 Å². The fourth-order valence-electron chi connectivity index (χ4n) is 1.15. The number of carboxylic acids is 1. The van der Waals surface area contributed by atoms with Crippen LogP contribution in [0.25, 0.3) is 0 Å². The molecule has 0 aliphatic heterocycles. The summed E-state index contributed by atoms with van der Waals surface area (Å²) in [6, 6.07) is 4.71. The van der Waals surface area contributed by atoms with Crippen LogP contribution < -0.4 is 0 Å². The van der Waals surface area contributed by atoms with Gasteiger partial charge in [0.15, 0.2) is 0 Å². The van der Waals surface area contributed by atoms with Crippen molar-refractivity contribution in [3.8, 4) is 0 Å². The predicted molar refractivity (Wildman–Crippen MR) is 64.9 cm³/mol. The van der Waals surface area contributed by atoms with Crippen LogP contribution in [0, 0.1) is 0 Å². The number of nitrogens with zero attached hydrogens (tertiary/aromatic N) is 1. The van der Waals surface area contributed by atoms with Gasteiger partial charge < -0.3 is 5.11 Å². The minimum absolute atomic E-state index is 0.132. The maximum absolute atomic E-state index is 11.4. The molecule has 0 aromatic heterocycles. The molecule has 1 aromatic rings. The Morgan fingerprint density at radius 3 is 2.56 bits per heavy atom. The molecule has 0 amide bonds. The third kappa shape index (κ3) is 4.20. The van der Waals surface area contributed by atoms with E-state index in [2.05, 4.69) is 4.36 Å². The van der Waals surface area contributed by atoms with Crippen molar-refractivity contribution >= 4 is 33.0 Å². The summed E-state index contributed by atoms with van der Waals surface area (Å²) < 4.78 is 15.4. The van der Waals surface area contributed by atoms with Crippen LogP contribution in [0.3, 0.4) is 0 Å². The lowest BCUT2D eigenvalue weighted by molar-refractivity contribution is -0.136. The zero-order valence-electron chi connectivity index (χ0n) is 8.94. The molecule has 4 nitrogen and oxygen atoms in total. The molecule has 0 fully saturated rings. The Morgan fingerprint density at radius 2 is 2.12 bits per heavy atom. The number of carbonyl (C=O) groups is 1. The molecular formula is C10H12ClNO3S.